The Balaban J connectivity index is 1.26. The molecule has 1 amide bonds. The number of amides is 1. The van der Waals surface area contributed by atoms with Crippen molar-refractivity contribution in [1.29, 1.82) is 0 Å². The number of aryl methyl sites for hydroxylation is 2. The third-order valence-electron chi connectivity index (χ3n) is 5.95. The number of nitrogens with zero attached hydrogens (tertiary/aromatic N) is 6. The molecule has 0 bridgehead atoms. The minimum Gasteiger partial charge on any atom is -0.348 e. The molecule has 9 heteroatoms. The number of aromatic nitrogens is 6. The topological polar surface area (TPSA) is 90.5 Å². The predicted octanol–water partition coefficient (Wildman–Crippen LogP) is 4.67. The van der Waals surface area contributed by atoms with Gasteiger partial charge < -0.3 is 5.32 Å². The van der Waals surface area contributed by atoms with E-state index in [4.69, 9.17) is 4.98 Å². The maximum absolute atomic E-state index is 13.3. The maximum Gasteiger partial charge on any atom is 0.252 e. The van der Waals surface area contributed by atoms with E-state index in [-0.39, 0.29) is 5.91 Å². The molecular weight excluding hydrogens is 458 g/mol. The summed E-state index contributed by atoms with van der Waals surface area (Å²) in [6.45, 7) is 2.25. The standard InChI is InChI=1S/C26H21N7OS/c1-16-24-18(12-20(22-8-5-11-35-22)30-25(24)32(2)31-16)26(34)28-14-17-9-10-23(27-13-17)33-15-29-19-6-3-4-7-21(19)33/h3-13,15H,14H2,1-2H3,(H,28,34). The van der Waals surface area contributed by atoms with Crippen LogP contribution in [0.5, 0.6) is 0 Å². The summed E-state index contributed by atoms with van der Waals surface area (Å²) in [5.74, 6) is 0.604. The normalized spacial score (nSPS) is 11.4. The number of imidazole rings is 1. The van der Waals surface area contributed by atoms with Crippen molar-refractivity contribution in [2.75, 3.05) is 0 Å². The number of hydrogen-bond acceptors (Lipinski definition) is 6. The summed E-state index contributed by atoms with van der Waals surface area (Å²) in [4.78, 5) is 28.1. The van der Waals surface area contributed by atoms with Crippen molar-refractivity contribution < 1.29 is 4.79 Å². The molecule has 0 aliphatic rings. The summed E-state index contributed by atoms with van der Waals surface area (Å²) < 4.78 is 3.67. The molecule has 5 heterocycles. The number of benzene rings is 1. The third kappa shape index (κ3) is 3.75. The Morgan fingerprint density at radius 1 is 1.09 bits per heavy atom. The van der Waals surface area contributed by atoms with Gasteiger partial charge in [0.05, 0.1) is 38.2 Å². The molecule has 0 aliphatic heterocycles. The highest BCUT2D eigenvalue weighted by Crippen LogP contribution is 2.29. The largest absolute Gasteiger partial charge is 0.348 e. The summed E-state index contributed by atoms with van der Waals surface area (Å²) in [5.41, 5.74) is 5.61. The molecule has 0 radical (unpaired) electrons. The molecule has 6 aromatic rings. The Labute approximate surface area is 204 Å². The van der Waals surface area contributed by atoms with Crippen molar-refractivity contribution >= 4 is 39.3 Å². The zero-order valence-electron chi connectivity index (χ0n) is 19.1. The van der Waals surface area contributed by atoms with Crippen molar-refractivity contribution in [2.45, 2.75) is 13.5 Å². The summed E-state index contributed by atoms with van der Waals surface area (Å²) in [6, 6.07) is 17.7. The Hall–Kier alpha value is -4.37. The molecule has 0 atom stereocenters. The second-order valence-electron chi connectivity index (χ2n) is 8.25. The number of pyridine rings is 2. The first kappa shape index (κ1) is 21.2. The van der Waals surface area contributed by atoms with E-state index in [0.29, 0.717) is 17.8 Å². The number of hydrogen-bond donors (Lipinski definition) is 1. The van der Waals surface area contributed by atoms with Crippen LogP contribution in [0, 0.1) is 6.92 Å². The number of nitrogens with one attached hydrogen (secondary N) is 1. The quantitative estimate of drug-likeness (QED) is 0.388. The summed E-state index contributed by atoms with van der Waals surface area (Å²) in [5, 5.41) is 10.3. The number of carbonyl (C=O) groups is 1. The number of fused-ring (bicyclic) bond motifs is 2. The van der Waals surface area contributed by atoms with E-state index in [0.717, 1.165) is 44.1 Å². The van der Waals surface area contributed by atoms with Gasteiger partial charge in [0.15, 0.2) is 5.65 Å². The van der Waals surface area contributed by atoms with Crippen LogP contribution in [0.1, 0.15) is 21.6 Å². The van der Waals surface area contributed by atoms with Gasteiger partial charge in [-0.2, -0.15) is 5.10 Å². The summed E-state index contributed by atoms with van der Waals surface area (Å²) in [7, 11) is 1.85. The molecule has 0 saturated carbocycles. The molecule has 0 fully saturated rings. The van der Waals surface area contributed by atoms with Crippen LogP contribution >= 0.6 is 11.3 Å². The molecule has 5 aromatic heterocycles. The van der Waals surface area contributed by atoms with Gasteiger partial charge in [-0.3, -0.25) is 14.0 Å². The fraction of sp³-hybridized carbons (Fsp3) is 0.115. The molecule has 0 spiro atoms. The van der Waals surface area contributed by atoms with E-state index in [2.05, 4.69) is 20.4 Å². The first-order chi connectivity index (χ1) is 17.1. The molecule has 8 nitrogen and oxygen atoms in total. The van der Waals surface area contributed by atoms with Gasteiger partial charge in [0.1, 0.15) is 12.1 Å². The Bertz CT molecular complexity index is 1680. The highest BCUT2D eigenvalue weighted by molar-refractivity contribution is 7.13. The fourth-order valence-electron chi connectivity index (χ4n) is 4.26. The molecule has 0 unspecified atom stereocenters. The van der Waals surface area contributed by atoms with Crippen molar-refractivity contribution in [3.8, 4) is 16.4 Å². The van der Waals surface area contributed by atoms with Crippen LogP contribution in [0.3, 0.4) is 0 Å². The van der Waals surface area contributed by atoms with Crippen LogP contribution < -0.4 is 5.32 Å². The molecule has 6 rings (SSSR count). The number of thiophene rings is 1. The van der Waals surface area contributed by atoms with Crippen LogP contribution in [-0.2, 0) is 13.6 Å². The molecule has 35 heavy (non-hydrogen) atoms. The van der Waals surface area contributed by atoms with Crippen LogP contribution in [-0.4, -0.2) is 35.2 Å². The number of rotatable bonds is 5. The minimum absolute atomic E-state index is 0.170. The molecular formula is C26H21N7OS. The lowest BCUT2D eigenvalue weighted by Crippen LogP contribution is -2.23. The smallest absolute Gasteiger partial charge is 0.252 e. The Morgan fingerprint density at radius 2 is 1.97 bits per heavy atom. The SMILES string of the molecule is Cc1nn(C)c2nc(-c3cccs3)cc(C(=O)NCc3ccc(-n4cnc5ccccc54)nc3)c12. The van der Waals surface area contributed by atoms with E-state index < -0.39 is 0 Å². The van der Waals surface area contributed by atoms with Crippen molar-refractivity contribution in [3.05, 3.63) is 89.3 Å². The second-order valence-corrected chi connectivity index (χ2v) is 9.20. The van der Waals surface area contributed by atoms with Gasteiger partial charge in [-0.1, -0.05) is 24.3 Å². The Kier molecular flexibility index (Phi) is 5.11. The zero-order chi connectivity index (χ0) is 23.9. The van der Waals surface area contributed by atoms with Crippen molar-refractivity contribution in [2.24, 2.45) is 7.05 Å². The molecule has 1 aromatic carbocycles. The van der Waals surface area contributed by atoms with Gasteiger partial charge in [0, 0.05) is 19.8 Å². The minimum atomic E-state index is -0.170. The highest BCUT2D eigenvalue weighted by atomic mass is 32.1. The van der Waals surface area contributed by atoms with E-state index in [1.165, 1.54) is 0 Å². The van der Waals surface area contributed by atoms with Gasteiger partial charge in [0.2, 0.25) is 0 Å². The summed E-state index contributed by atoms with van der Waals surface area (Å²) >= 11 is 1.59. The molecule has 0 saturated heterocycles. The first-order valence-electron chi connectivity index (χ1n) is 11.1. The third-order valence-corrected chi connectivity index (χ3v) is 6.84. The van der Waals surface area contributed by atoms with Gasteiger partial charge >= 0.3 is 0 Å². The van der Waals surface area contributed by atoms with E-state index >= 15 is 0 Å². The van der Waals surface area contributed by atoms with Gasteiger partial charge in [-0.25, -0.2) is 15.0 Å². The highest BCUT2D eigenvalue weighted by Gasteiger charge is 2.19. The van der Waals surface area contributed by atoms with E-state index in [9.17, 15) is 4.79 Å². The maximum atomic E-state index is 13.3. The number of carbonyl (C=O) groups excluding carboxylic acids is 1. The van der Waals surface area contributed by atoms with Crippen LogP contribution in [0.25, 0.3) is 38.5 Å². The van der Waals surface area contributed by atoms with Gasteiger partial charge in [-0.15, -0.1) is 11.3 Å². The average Bonchev–Trinajstić information content (AvgIpc) is 3.62. The van der Waals surface area contributed by atoms with Crippen LogP contribution in [0.4, 0.5) is 0 Å². The lowest BCUT2D eigenvalue weighted by molar-refractivity contribution is 0.0952. The van der Waals surface area contributed by atoms with Crippen LogP contribution in [0.15, 0.2) is 72.5 Å². The molecule has 172 valence electrons. The van der Waals surface area contributed by atoms with Gasteiger partial charge in [0.25, 0.3) is 5.91 Å². The van der Waals surface area contributed by atoms with Crippen molar-refractivity contribution in [1.82, 2.24) is 34.6 Å². The van der Waals surface area contributed by atoms with Crippen molar-refractivity contribution in [3.63, 3.8) is 0 Å². The fourth-order valence-corrected chi connectivity index (χ4v) is 4.94. The molecule has 1 N–H and O–H groups in total. The van der Waals surface area contributed by atoms with Gasteiger partial charge in [-0.05, 0) is 48.2 Å². The molecule has 0 aliphatic carbocycles. The lowest BCUT2D eigenvalue weighted by atomic mass is 10.1. The average molecular weight is 480 g/mol. The predicted molar refractivity (Wildman–Crippen MR) is 137 cm³/mol. The summed E-state index contributed by atoms with van der Waals surface area (Å²) in [6.07, 6.45) is 3.55. The number of para-hydroxylation sites is 2. The van der Waals surface area contributed by atoms with Crippen LogP contribution in [0.2, 0.25) is 0 Å². The van der Waals surface area contributed by atoms with E-state index in [1.807, 2.05) is 78.5 Å². The zero-order valence-corrected chi connectivity index (χ0v) is 20.0. The Morgan fingerprint density at radius 3 is 2.77 bits per heavy atom. The lowest BCUT2D eigenvalue weighted by Gasteiger charge is -2.09. The van der Waals surface area contributed by atoms with E-state index in [1.54, 1.807) is 28.5 Å². The monoisotopic (exact) mass is 479 g/mol. The second kappa shape index (κ2) is 8.44. The first-order valence-corrected chi connectivity index (χ1v) is 12.0.